The monoisotopic (exact) mass is 689 g/mol. The minimum Gasteiger partial charge on any atom is -0.267 e. The highest BCUT2D eigenvalue weighted by atomic mass is 32.2. The van der Waals surface area contributed by atoms with Crippen LogP contribution in [0.4, 0.5) is 5.69 Å². The fourth-order valence-corrected chi connectivity index (χ4v) is 8.14. The summed E-state index contributed by atoms with van der Waals surface area (Å²) in [5, 5.41) is 11.2. The van der Waals surface area contributed by atoms with Gasteiger partial charge in [-0.25, -0.2) is 13.1 Å². The van der Waals surface area contributed by atoms with Gasteiger partial charge >= 0.3 is 0 Å². The number of carbonyl (C=O) groups is 1. The van der Waals surface area contributed by atoms with E-state index in [0.717, 1.165) is 23.4 Å². The van der Waals surface area contributed by atoms with Gasteiger partial charge in [-0.05, 0) is 74.4 Å². The summed E-state index contributed by atoms with van der Waals surface area (Å²) in [7, 11) is -3.73. The first-order valence-corrected chi connectivity index (χ1v) is 18.8. The first kappa shape index (κ1) is 34.1. The third-order valence-electron chi connectivity index (χ3n) is 8.11. The maximum Gasteiger partial charge on any atom is 0.280 e. The van der Waals surface area contributed by atoms with Gasteiger partial charge in [0.1, 0.15) is 5.69 Å². The smallest absolute Gasteiger partial charge is 0.267 e. The Hall–Kier alpha value is -4.77. The van der Waals surface area contributed by atoms with Crippen LogP contribution >= 0.6 is 11.8 Å². The van der Waals surface area contributed by atoms with Gasteiger partial charge in [0.25, 0.3) is 5.91 Å². The third-order valence-corrected chi connectivity index (χ3v) is 11.0. The number of carbonyl (C=O) groups excluding carboxylic acids is 1. The van der Waals surface area contributed by atoms with Crippen molar-refractivity contribution in [3.05, 3.63) is 132 Å². The van der Waals surface area contributed by atoms with E-state index in [9.17, 15) is 13.2 Å². The van der Waals surface area contributed by atoms with Crippen LogP contribution in [0.3, 0.4) is 0 Å². The maximum atomic E-state index is 14.1. The highest BCUT2D eigenvalue weighted by Crippen LogP contribution is 2.32. The van der Waals surface area contributed by atoms with E-state index in [1.54, 1.807) is 38.9 Å². The molecule has 2 heterocycles. The molecule has 0 spiro atoms. The second kappa shape index (κ2) is 15.2. The Morgan fingerprint density at radius 3 is 2.12 bits per heavy atom. The topological polar surface area (TPSA) is 87.9 Å². The van der Waals surface area contributed by atoms with Crippen molar-refractivity contribution >= 4 is 45.2 Å². The minimum atomic E-state index is -3.73. The Bertz CT molecular complexity index is 2090. The Labute approximate surface area is 292 Å². The Balaban J connectivity index is 1.45. The number of thioether (sulfide) groups is 1. The number of amides is 1. The molecule has 1 aromatic heterocycles. The van der Waals surface area contributed by atoms with E-state index < -0.39 is 10.0 Å². The number of aromatic nitrogens is 2. The van der Waals surface area contributed by atoms with Crippen LogP contribution in [0.15, 0.2) is 136 Å². The highest BCUT2D eigenvalue weighted by molar-refractivity contribution is 8.00. The molecule has 49 heavy (non-hydrogen) atoms. The molecular weight excluding hydrogens is 651 g/mol. The number of hydrazone groups is 1. The maximum absolute atomic E-state index is 14.1. The van der Waals surface area contributed by atoms with Gasteiger partial charge in [0.2, 0.25) is 10.0 Å². The minimum absolute atomic E-state index is 0.212. The largest absolute Gasteiger partial charge is 0.280 e. The standard InChI is InChI=1S/C39H39N5O3S2/c1-4-23-42(24-5-2)49(46,47)35-18-12-13-30(25-35)38-31(27-43(41-38)32-14-8-6-9-15-32)26-36-37(28-48-34-21-19-29(3)20-22-34)40-44(39(36)45)33-16-10-7-11-17-33/h6-22,25-27H,4-5,23-24,28H2,1-3H3. The van der Waals surface area contributed by atoms with E-state index in [-0.39, 0.29) is 10.8 Å². The van der Waals surface area contributed by atoms with Crippen LogP contribution in [0.2, 0.25) is 0 Å². The lowest BCUT2D eigenvalue weighted by atomic mass is 10.0. The molecule has 10 heteroatoms. The molecule has 0 unspecified atom stereocenters. The van der Waals surface area contributed by atoms with Crippen molar-refractivity contribution in [3.63, 3.8) is 0 Å². The number of para-hydroxylation sites is 2. The zero-order chi connectivity index (χ0) is 34.4. The van der Waals surface area contributed by atoms with E-state index in [0.29, 0.717) is 52.6 Å². The molecule has 0 bridgehead atoms. The number of rotatable bonds is 13. The lowest BCUT2D eigenvalue weighted by Crippen LogP contribution is -2.32. The van der Waals surface area contributed by atoms with Gasteiger partial charge in [-0.1, -0.05) is 80.1 Å². The number of anilines is 1. The lowest BCUT2D eigenvalue weighted by molar-refractivity contribution is -0.114. The second-order valence-electron chi connectivity index (χ2n) is 11.8. The van der Waals surface area contributed by atoms with E-state index in [2.05, 4.69) is 31.2 Å². The average molecular weight is 690 g/mol. The van der Waals surface area contributed by atoms with Gasteiger partial charge in [0.15, 0.2) is 0 Å². The summed E-state index contributed by atoms with van der Waals surface area (Å²) in [4.78, 5) is 15.4. The van der Waals surface area contributed by atoms with Crippen molar-refractivity contribution in [2.75, 3.05) is 23.9 Å². The highest BCUT2D eigenvalue weighted by Gasteiger charge is 2.32. The number of aryl methyl sites for hydroxylation is 1. The summed E-state index contributed by atoms with van der Waals surface area (Å²) >= 11 is 1.62. The molecule has 6 rings (SSSR count). The molecule has 250 valence electrons. The van der Waals surface area contributed by atoms with Gasteiger partial charge in [-0.2, -0.15) is 19.5 Å². The van der Waals surface area contributed by atoms with Crippen molar-refractivity contribution < 1.29 is 13.2 Å². The molecule has 5 aromatic rings. The van der Waals surface area contributed by atoms with Gasteiger partial charge < -0.3 is 0 Å². The van der Waals surface area contributed by atoms with Gasteiger partial charge in [0, 0.05) is 41.1 Å². The summed E-state index contributed by atoms with van der Waals surface area (Å²) < 4.78 is 30.8. The van der Waals surface area contributed by atoms with Crippen LogP contribution in [0.1, 0.15) is 37.8 Å². The molecule has 0 N–H and O–H groups in total. The Morgan fingerprint density at radius 2 is 1.47 bits per heavy atom. The quantitative estimate of drug-likeness (QED) is 0.0918. The predicted octanol–water partition coefficient (Wildman–Crippen LogP) is 8.24. The van der Waals surface area contributed by atoms with E-state index >= 15 is 0 Å². The molecule has 0 radical (unpaired) electrons. The first-order valence-electron chi connectivity index (χ1n) is 16.4. The first-order chi connectivity index (χ1) is 23.8. The van der Waals surface area contributed by atoms with Crippen molar-refractivity contribution in [1.82, 2.24) is 14.1 Å². The van der Waals surface area contributed by atoms with Crippen molar-refractivity contribution in [1.29, 1.82) is 0 Å². The van der Waals surface area contributed by atoms with Crippen molar-refractivity contribution in [2.45, 2.75) is 43.4 Å². The number of hydrogen-bond donors (Lipinski definition) is 0. The van der Waals surface area contributed by atoms with Gasteiger partial charge in [0.05, 0.1) is 27.6 Å². The molecule has 0 fully saturated rings. The average Bonchev–Trinajstić information content (AvgIpc) is 3.69. The molecule has 0 atom stereocenters. The van der Waals surface area contributed by atoms with Crippen LogP contribution in [0, 0.1) is 6.92 Å². The molecule has 0 saturated carbocycles. The Kier molecular flexibility index (Phi) is 10.6. The molecule has 0 aliphatic carbocycles. The van der Waals surface area contributed by atoms with Crippen LogP contribution in [-0.2, 0) is 14.8 Å². The summed E-state index contributed by atoms with van der Waals surface area (Å²) in [5.74, 6) is 0.236. The number of nitrogens with zero attached hydrogens (tertiary/aromatic N) is 5. The molecule has 1 aliphatic rings. The predicted molar refractivity (Wildman–Crippen MR) is 200 cm³/mol. The number of hydrogen-bond acceptors (Lipinski definition) is 6. The molecule has 1 aliphatic heterocycles. The molecular formula is C39H39N5O3S2. The van der Waals surface area contributed by atoms with E-state index in [1.165, 1.54) is 10.6 Å². The lowest BCUT2D eigenvalue weighted by Gasteiger charge is -2.21. The number of benzene rings is 4. The van der Waals surface area contributed by atoms with Crippen LogP contribution in [0.5, 0.6) is 0 Å². The normalized spacial score (nSPS) is 14.2. The third kappa shape index (κ3) is 7.62. The number of sulfonamides is 1. The second-order valence-corrected chi connectivity index (χ2v) is 14.8. The van der Waals surface area contributed by atoms with E-state index in [4.69, 9.17) is 10.2 Å². The van der Waals surface area contributed by atoms with Crippen LogP contribution in [-0.4, -0.2) is 53.0 Å². The van der Waals surface area contributed by atoms with Crippen molar-refractivity contribution in [2.24, 2.45) is 5.10 Å². The Morgan fingerprint density at radius 1 is 0.816 bits per heavy atom. The fraction of sp³-hybridized carbons (Fsp3) is 0.205. The van der Waals surface area contributed by atoms with Crippen LogP contribution in [0.25, 0.3) is 23.0 Å². The van der Waals surface area contributed by atoms with E-state index in [1.807, 2.05) is 92.9 Å². The molecule has 0 saturated heterocycles. The zero-order valence-corrected chi connectivity index (χ0v) is 29.5. The fourth-order valence-electron chi connectivity index (χ4n) is 5.63. The summed E-state index contributed by atoms with van der Waals surface area (Å²) in [6, 6.07) is 34.3. The molecule has 1 amide bonds. The zero-order valence-electron chi connectivity index (χ0n) is 27.9. The summed E-state index contributed by atoms with van der Waals surface area (Å²) in [5.41, 5.74) is 5.65. The van der Waals surface area contributed by atoms with Crippen LogP contribution < -0.4 is 5.01 Å². The SMILES string of the molecule is CCCN(CCC)S(=O)(=O)c1cccc(-c2nn(-c3ccccc3)cc2C=C2C(=O)N(c3ccccc3)N=C2CSc2ccc(C)cc2)c1. The van der Waals surface area contributed by atoms with Crippen molar-refractivity contribution in [3.8, 4) is 16.9 Å². The summed E-state index contributed by atoms with van der Waals surface area (Å²) in [6.07, 6.45) is 5.15. The van der Waals surface area contributed by atoms with Gasteiger partial charge in [-0.15, -0.1) is 11.8 Å². The molecule has 8 nitrogen and oxygen atoms in total. The van der Waals surface area contributed by atoms with Gasteiger partial charge in [-0.3, -0.25) is 4.79 Å². The molecule has 4 aromatic carbocycles. The summed E-state index contributed by atoms with van der Waals surface area (Å²) in [6.45, 7) is 6.90.